The summed E-state index contributed by atoms with van der Waals surface area (Å²) in [7, 11) is 1.52. The van der Waals surface area contributed by atoms with Crippen LogP contribution >= 0.6 is 0 Å². The molecule has 0 aliphatic rings. The fraction of sp³-hybridized carbons (Fsp3) is 0.200. The van der Waals surface area contributed by atoms with Crippen molar-refractivity contribution >= 4 is 6.08 Å². The van der Waals surface area contributed by atoms with Crippen molar-refractivity contribution in [3.8, 4) is 5.75 Å². The second kappa shape index (κ2) is 3.39. The summed E-state index contributed by atoms with van der Waals surface area (Å²) in [5, 5.41) is 0. The van der Waals surface area contributed by atoms with Crippen molar-refractivity contribution in [1.82, 2.24) is 0 Å². The topological polar surface area (TPSA) is 9.23 Å². The van der Waals surface area contributed by atoms with Crippen LogP contribution in [-0.2, 0) is 0 Å². The lowest BCUT2D eigenvalue weighted by atomic mass is 10.1. The standard InChI is InChI=1S/C10H11FO/c1-4-9-7(2)5-8(12-3)6-10(9)11/h4-6H,1H2,2-3H3. The molecule has 0 N–H and O–H groups in total. The molecule has 0 aliphatic heterocycles. The molecule has 0 atom stereocenters. The van der Waals surface area contributed by atoms with Gasteiger partial charge >= 0.3 is 0 Å². The van der Waals surface area contributed by atoms with Crippen molar-refractivity contribution in [1.29, 1.82) is 0 Å². The SMILES string of the molecule is C=Cc1c(C)cc(OC)cc1F. The number of aryl methyl sites for hydroxylation is 1. The maximum absolute atomic E-state index is 13.1. The van der Waals surface area contributed by atoms with Crippen LogP contribution < -0.4 is 4.74 Å². The quantitative estimate of drug-likeness (QED) is 0.656. The van der Waals surface area contributed by atoms with Gasteiger partial charge in [0.1, 0.15) is 11.6 Å². The number of hydrogen-bond acceptors (Lipinski definition) is 1. The lowest BCUT2D eigenvalue weighted by Gasteiger charge is -2.05. The van der Waals surface area contributed by atoms with E-state index in [1.807, 2.05) is 6.92 Å². The molecule has 2 heteroatoms. The van der Waals surface area contributed by atoms with Gasteiger partial charge < -0.3 is 4.74 Å². The van der Waals surface area contributed by atoms with E-state index in [1.54, 1.807) is 6.07 Å². The Bertz CT molecular complexity index is 282. The van der Waals surface area contributed by atoms with Crippen molar-refractivity contribution in [2.45, 2.75) is 6.92 Å². The zero-order valence-corrected chi connectivity index (χ0v) is 7.23. The van der Waals surface area contributed by atoms with E-state index < -0.39 is 0 Å². The first-order valence-electron chi connectivity index (χ1n) is 3.65. The molecular formula is C10H11FO. The van der Waals surface area contributed by atoms with Gasteiger partial charge in [0.2, 0.25) is 0 Å². The minimum Gasteiger partial charge on any atom is -0.497 e. The predicted molar refractivity (Wildman–Crippen MR) is 47.8 cm³/mol. The van der Waals surface area contributed by atoms with Crippen molar-refractivity contribution in [2.24, 2.45) is 0 Å². The number of ether oxygens (including phenoxy) is 1. The number of benzene rings is 1. The molecule has 0 radical (unpaired) electrons. The van der Waals surface area contributed by atoms with Gasteiger partial charge in [-0.25, -0.2) is 4.39 Å². The zero-order valence-electron chi connectivity index (χ0n) is 7.23. The molecular weight excluding hydrogens is 155 g/mol. The van der Waals surface area contributed by atoms with E-state index in [2.05, 4.69) is 6.58 Å². The highest BCUT2D eigenvalue weighted by Gasteiger charge is 2.04. The summed E-state index contributed by atoms with van der Waals surface area (Å²) >= 11 is 0. The van der Waals surface area contributed by atoms with Crippen LogP contribution in [0.4, 0.5) is 4.39 Å². The molecule has 0 aromatic heterocycles. The van der Waals surface area contributed by atoms with E-state index in [0.717, 1.165) is 5.56 Å². The molecule has 1 rings (SSSR count). The lowest BCUT2D eigenvalue weighted by Crippen LogP contribution is -1.90. The summed E-state index contributed by atoms with van der Waals surface area (Å²) in [5.41, 5.74) is 1.37. The average molecular weight is 166 g/mol. The Hall–Kier alpha value is -1.31. The van der Waals surface area contributed by atoms with Crippen LogP contribution in [-0.4, -0.2) is 7.11 Å². The Balaban J connectivity index is 3.27. The maximum atomic E-state index is 13.1. The van der Waals surface area contributed by atoms with Gasteiger partial charge in [-0.15, -0.1) is 0 Å². The smallest absolute Gasteiger partial charge is 0.134 e. The van der Waals surface area contributed by atoms with Crippen LogP contribution in [0.3, 0.4) is 0 Å². The van der Waals surface area contributed by atoms with Crippen LogP contribution in [0.15, 0.2) is 18.7 Å². The molecule has 0 fully saturated rings. The first kappa shape index (κ1) is 8.78. The molecule has 0 amide bonds. The van der Waals surface area contributed by atoms with Gasteiger partial charge in [0, 0.05) is 11.6 Å². The van der Waals surface area contributed by atoms with Crippen LogP contribution in [0, 0.1) is 12.7 Å². The van der Waals surface area contributed by atoms with Gasteiger partial charge in [-0.1, -0.05) is 12.7 Å². The second-order valence-corrected chi connectivity index (χ2v) is 2.54. The van der Waals surface area contributed by atoms with E-state index in [9.17, 15) is 4.39 Å². The average Bonchev–Trinajstić information content (AvgIpc) is 2.03. The highest BCUT2D eigenvalue weighted by molar-refractivity contribution is 5.54. The summed E-state index contributed by atoms with van der Waals surface area (Å²) < 4.78 is 18.0. The Morgan fingerprint density at radius 3 is 2.58 bits per heavy atom. The fourth-order valence-corrected chi connectivity index (χ4v) is 1.10. The van der Waals surface area contributed by atoms with Crippen molar-refractivity contribution in [3.05, 3.63) is 35.7 Å². The van der Waals surface area contributed by atoms with E-state index in [-0.39, 0.29) is 5.82 Å². The van der Waals surface area contributed by atoms with Crippen molar-refractivity contribution in [2.75, 3.05) is 7.11 Å². The Morgan fingerprint density at radius 1 is 1.50 bits per heavy atom. The first-order valence-corrected chi connectivity index (χ1v) is 3.65. The summed E-state index contributed by atoms with van der Waals surface area (Å²) in [6.07, 6.45) is 1.50. The van der Waals surface area contributed by atoms with Crippen LogP contribution in [0.25, 0.3) is 6.08 Å². The van der Waals surface area contributed by atoms with Gasteiger partial charge in [0.05, 0.1) is 7.11 Å². The highest BCUT2D eigenvalue weighted by Crippen LogP contribution is 2.21. The van der Waals surface area contributed by atoms with Crippen LogP contribution in [0.5, 0.6) is 5.75 Å². The normalized spacial score (nSPS) is 9.58. The number of hydrogen-bond donors (Lipinski definition) is 0. The van der Waals surface area contributed by atoms with Crippen molar-refractivity contribution in [3.63, 3.8) is 0 Å². The second-order valence-electron chi connectivity index (χ2n) is 2.54. The number of methoxy groups -OCH3 is 1. The molecule has 0 unspecified atom stereocenters. The molecule has 0 heterocycles. The molecule has 1 aromatic carbocycles. The van der Waals surface area contributed by atoms with E-state index in [4.69, 9.17) is 4.74 Å². The van der Waals surface area contributed by atoms with E-state index >= 15 is 0 Å². The molecule has 0 spiro atoms. The van der Waals surface area contributed by atoms with E-state index in [1.165, 1.54) is 19.3 Å². The predicted octanol–water partition coefficient (Wildman–Crippen LogP) is 2.79. The fourth-order valence-electron chi connectivity index (χ4n) is 1.10. The zero-order chi connectivity index (χ0) is 9.14. The molecule has 0 aliphatic carbocycles. The Morgan fingerprint density at radius 2 is 2.17 bits per heavy atom. The van der Waals surface area contributed by atoms with Gasteiger partial charge in [-0.2, -0.15) is 0 Å². The summed E-state index contributed by atoms with van der Waals surface area (Å²) in [6.45, 7) is 5.35. The number of rotatable bonds is 2. The Labute approximate surface area is 71.5 Å². The van der Waals surface area contributed by atoms with Gasteiger partial charge in [-0.3, -0.25) is 0 Å². The third-order valence-corrected chi connectivity index (χ3v) is 1.75. The molecule has 1 aromatic rings. The largest absolute Gasteiger partial charge is 0.497 e. The minimum atomic E-state index is -0.290. The Kier molecular flexibility index (Phi) is 2.48. The third-order valence-electron chi connectivity index (χ3n) is 1.75. The monoisotopic (exact) mass is 166 g/mol. The summed E-state index contributed by atoms with van der Waals surface area (Å²) in [4.78, 5) is 0. The molecule has 0 saturated carbocycles. The van der Waals surface area contributed by atoms with Gasteiger partial charge in [0.25, 0.3) is 0 Å². The summed E-state index contributed by atoms with van der Waals surface area (Å²) in [5.74, 6) is 0.248. The lowest BCUT2D eigenvalue weighted by molar-refractivity contribution is 0.411. The third kappa shape index (κ3) is 1.47. The molecule has 64 valence electrons. The van der Waals surface area contributed by atoms with Crippen molar-refractivity contribution < 1.29 is 9.13 Å². The minimum absolute atomic E-state index is 0.290. The van der Waals surface area contributed by atoms with Crippen LogP contribution in [0.1, 0.15) is 11.1 Å². The summed E-state index contributed by atoms with van der Waals surface area (Å²) in [6, 6.07) is 3.13. The maximum Gasteiger partial charge on any atom is 0.134 e. The molecule has 0 saturated heterocycles. The van der Waals surface area contributed by atoms with E-state index in [0.29, 0.717) is 11.3 Å². The van der Waals surface area contributed by atoms with Crippen LogP contribution in [0.2, 0.25) is 0 Å². The van der Waals surface area contributed by atoms with Gasteiger partial charge in [-0.05, 0) is 18.6 Å². The first-order chi connectivity index (χ1) is 5.69. The number of halogens is 1. The molecule has 1 nitrogen and oxygen atoms in total. The molecule has 12 heavy (non-hydrogen) atoms. The van der Waals surface area contributed by atoms with Gasteiger partial charge in [0.15, 0.2) is 0 Å². The molecule has 0 bridgehead atoms. The highest BCUT2D eigenvalue weighted by atomic mass is 19.1.